The maximum atomic E-state index is 9.38. The number of aromatic hydroxyl groups is 1. The highest BCUT2D eigenvalue weighted by molar-refractivity contribution is 5.54. The van der Waals surface area contributed by atoms with Crippen molar-refractivity contribution in [2.45, 2.75) is 12.8 Å². The Morgan fingerprint density at radius 1 is 1.10 bits per heavy atom. The summed E-state index contributed by atoms with van der Waals surface area (Å²) in [4.78, 5) is 0. The molecule has 0 amide bonds. The number of ether oxygens (including phenoxy) is 3. The monoisotopic (exact) mass is 272 g/mol. The van der Waals surface area contributed by atoms with E-state index in [0.717, 1.165) is 22.6 Å². The van der Waals surface area contributed by atoms with Gasteiger partial charge in [0.15, 0.2) is 11.5 Å². The van der Waals surface area contributed by atoms with Crippen molar-refractivity contribution in [2.24, 2.45) is 0 Å². The summed E-state index contributed by atoms with van der Waals surface area (Å²) in [5.74, 6) is 2.61. The number of rotatable bonds is 3. The van der Waals surface area contributed by atoms with Gasteiger partial charge in [0, 0.05) is 17.5 Å². The van der Waals surface area contributed by atoms with Crippen molar-refractivity contribution >= 4 is 0 Å². The summed E-state index contributed by atoms with van der Waals surface area (Å²) >= 11 is 0. The van der Waals surface area contributed by atoms with Gasteiger partial charge in [-0.15, -0.1) is 0 Å². The normalized spacial score (nSPS) is 14.1. The maximum Gasteiger partial charge on any atom is 0.231 e. The molecule has 104 valence electrons. The van der Waals surface area contributed by atoms with Crippen LogP contribution in [0.4, 0.5) is 0 Å². The topological polar surface area (TPSA) is 47.9 Å². The van der Waals surface area contributed by atoms with Crippen LogP contribution in [-0.4, -0.2) is 19.0 Å². The number of methoxy groups -OCH3 is 1. The predicted octanol–water partition coefficient (Wildman–Crippen LogP) is 3.28. The molecule has 0 saturated heterocycles. The van der Waals surface area contributed by atoms with E-state index < -0.39 is 0 Å². The van der Waals surface area contributed by atoms with E-state index in [1.54, 1.807) is 19.2 Å². The fourth-order valence-corrected chi connectivity index (χ4v) is 2.40. The van der Waals surface area contributed by atoms with Crippen LogP contribution in [0.1, 0.15) is 24.0 Å². The number of benzene rings is 2. The Labute approximate surface area is 117 Å². The quantitative estimate of drug-likeness (QED) is 0.931. The average Bonchev–Trinajstić information content (AvgIpc) is 2.93. The molecule has 0 aromatic heterocycles. The van der Waals surface area contributed by atoms with Crippen LogP contribution in [0.15, 0.2) is 36.4 Å². The number of hydrogen-bond acceptors (Lipinski definition) is 4. The molecular formula is C16H16O4. The summed E-state index contributed by atoms with van der Waals surface area (Å²) in [5, 5.41) is 9.38. The molecule has 0 fully saturated rings. The SMILES string of the molecule is COc1cc2c(cc1[C@@H](C)c1ccc(O)cc1)OCO2. The molecule has 0 spiro atoms. The summed E-state index contributed by atoms with van der Waals surface area (Å²) in [6.07, 6.45) is 0. The molecule has 1 N–H and O–H groups in total. The average molecular weight is 272 g/mol. The Morgan fingerprint density at radius 2 is 1.75 bits per heavy atom. The molecule has 1 atom stereocenters. The third kappa shape index (κ3) is 2.13. The van der Waals surface area contributed by atoms with Gasteiger partial charge in [-0.1, -0.05) is 19.1 Å². The van der Waals surface area contributed by atoms with E-state index in [1.807, 2.05) is 24.3 Å². The molecule has 2 aromatic rings. The summed E-state index contributed by atoms with van der Waals surface area (Å²) in [7, 11) is 1.64. The Bertz CT molecular complexity index is 619. The van der Waals surface area contributed by atoms with Gasteiger partial charge in [0.2, 0.25) is 6.79 Å². The molecule has 1 heterocycles. The Balaban J connectivity index is 2.02. The van der Waals surface area contributed by atoms with Gasteiger partial charge in [0.1, 0.15) is 11.5 Å². The van der Waals surface area contributed by atoms with Crippen molar-refractivity contribution in [3.05, 3.63) is 47.5 Å². The first-order chi connectivity index (χ1) is 9.69. The second-order valence-electron chi connectivity index (χ2n) is 4.76. The lowest BCUT2D eigenvalue weighted by Crippen LogP contribution is -1.99. The summed E-state index contributed by atoms with van der Waals surface area (Å²) < 4.78 is 16.2. The van der Waals surface area contributed by atoms with Crippen LogP contribution in [0, 0.1) is 0 Å². The van der Waals surface area contributed by atoms with Crippen molar-refractivity contribution in [3.8, 4) is 23.0 Å². The van der Waals surface area contributed by atoms with Gasteiger partial charge in [-0.25, -0.2) is 0 Å². The van der Waals surface area contributed by atoms with Crippen molar-refractivity contribution in [3.63, 3.8) is 0 Å². The van der Waals surface area contributed by atoms with E-state index in [0.29, 0.717) is 5.75 Å². The van der Waals surface area contributed by atoms with Crippen LogP contribution < -0.4 is 14.2 Å². The molecule has 0 radical (unpaired) electrons. The highest BCUT2D eigenvalue weighted by Gasteiger charge is 2.21. The lowest BCUT2D eigenvalue weighted by atomic mass is 9.92. The molecule has 20 heavy (non-hydrogen) atoms. The van der Waals surface area contributed by atoms with Crippen molar-refractivity contribution in [1.82, 2.24) is 0 Å². The first-order valence-corrected chi connectivity index (χ1v) is 6.45. The zero-order chi connectivity index (χ0) is 14.1. The van der Waals surface area contributed by atoms with E-state index in [-0.39, 0.29) is 18.5 Å². The molecule has 4 nitrogen and oxygen atoms in total. The zero-order valence-electron chi connectivity index (χ0n) is 11.4. The van der Waals surface area contributed by atoms with Crippen LogP contribution in [0.3, 0.4) is 0 Å². The maximum absolute atomic E-state index is 9.38. The van der Waals surface area contributed by atoms with Gasteiger partial charge in [0.25, 0.3) is 0 Å². The standard InChI is InChI=1S/C16H16O4/c1-10(11-3-5-12(17)6-4-11)13-7-15-16(20-9-19-15)8-14(13)18-2/h3-8,10,17H,9H2,1-2H3/t10-/m0/s1. The highest BCUT2D eigenvalue weighted by Crippen LogP contribution is 2.42. The fraction of sp³-hybridized carbons (Fsp3) is 0.250. The van der Waals surface area contributed by atoms with Crippen molar-refractivity contribution < 1.29 is 19.3 Å². The van der Waals surface area contributed by atoms with Crippen LogP contribution in [0.2, 0.25) is 0 Å². The van der Waals surface area contributed by atoms with Gasteiger partial charge >= 0.3 is 0 Å². The summed E-state index contributed by atoms with van der Waals surface area (Å²) in [6.45, 7) is 2.34. The van der Waals surface area contributed by atoms with Crippen LogP contribution >= 0.6 is 0 Å². The number of phenolic OH excluding ortho intramolecular Hbond substituents is 1. The van der Waals surface area contributed by atoms with E-state index in [4.69, 9.17) is 14.2 Å². The predicted molar refractivity (Wildman–Crippen MR) is 74.7 cm³/mol. The van der Waals surface area contributed by atoms with Crippen LogP contribution in [0.25, 0.3) is 0 Å². The van der Waals surface area contributed by atoms with Crippen LogP contribution in [0.5, 0.6) is 23.0 Å². The summed E-state index contributed by atoms with van der Waals surface area (Å²) in [6, 6.07) is 11.0. The van der Waals surface area contributed by atoms with Crippen molar-refractivity contribution in [2.75, 3.05) is 13.9 Å². The molecule has 1 aliphatic heterocycles. The minimum Gasteiger partial charge on any atom is -0.508 e. The third-order valence-electron chi connectivity index (χ3n) is 3.58. The molecule has 1 aliphatic rings. The molecule has 0 saturated carbocycles. The smallest absolute Gasteiger partial charge is 0.231 e. The third-order valence-corrected chi connectivity index (χ3v) is 3.58. The van der Waals surface area contributed by atoms with Gasteiger partial charge in [-0.2, -0.15) is 0 Å². The zero-order valence-corrected chi connectivity index (χ0v) is 11.4. The largest absolute Gasteiger partial charge is 0.508 e. The molecule has 0 unspecified atom stereocenters. The Hall–Kier alpha value is -2.36. The van der Waals surface area contributed by atoms with Gasteiger partial charge in [0.05, 0.1) is 7.11 Å². The van der Waals surface area contributed by atoms with E-state index in [1.165, 1.54) is 0 Å². The molecular weight excluding hydrogens is 256 g/mol. The van der Waals surface area contributed by atoms with Gasteiger partial charge in [-0.05, 0) is 23.8 Å². The second kappa shape index (κ2) is 4.96. The second-order valence-corrected chi connectivity index (χ2v) is 4.76. The van der Waals surface area contributed by atoms with Gasteiger partial charge < -0.3 is 19.3 Å². The first kappa shape index (κ1) is 12.7. The number of hydrogen-bond donors (Lipinski definition) is 1. The van der Waals surface area contributed by atoms with Crippen LogP contribution in [-0.2, 0) is 0 Å². The molecule has 3 rings (SSSR count). The Morgan fingerprint density at radius 3 is 2.40 bits per heavy atom. The van der Waals surface area contributed by atoms with Crippen molar-refractivity contribution in [1.29, 1.82) is 0 Å². The number of fused-ring (bicyclic) bond motifs is 1. The molecule has 4 heteroatoms. The lowest BCUT2D eigenvalue weighted by molar-refractivity contribution is 0.174. The van der Waals surface area contributed by atoms with E-state index in [9.17, 15) is 5.11 Å². The highest BCUT2D eigenvalue weighted by atomic mass is 16.7. The molecule has 0 aliphatic carbocycles. The number of phenols is 1. The minimum absolute atomic E-state index is 0.125. The van der Waals surface area contributed by atoms with E-state index >= 15 is 0 Å². The molecule has 2 aromatic carbocycles. The lowest BCUT2D eigenvalue weighted by Gasteiger charge is -2.17. The first-order valence-electron chi connectivity index (χ1n) is 6.45. The minimum atomic E-state index is 0.125. The summed E-state index contributed by atoms with van der Waals surface area (Å²) in [5.41, 5.74) is 2.13. The molecule has 0 bridgehead atoms. The Kier molecular flexibility index (Phi) is 3.14. The van der Waals surface area contributed by atoms with E-state index in [2.05, 4.69) is 6.92 Å². The van der Waals surface area contributed by atoms with Gasteiger partial charge in [-0.3, -0.25) is 0 Å². The fourth-order valence-electron chi connectivity index (χ4n) is 2.40.